The summed E-state index contributed by atoms with van der Waals surface area (Å²) in [6.45, 7) is 7.21. The summed E-state index contributed by atoms with van der Waals surface area (Å²) >= 11 is 0. The first kappa shape index (κ1) is 18.2. The lowest BCUT2D eigenvalue weighted by Crippen LogP contribution is -2.33. The summed E-state index contributed by atoms with van der Waals surface area (Å²) in [5.74, 6) is 1.65. The minimum absolute atomic E-state index is 0.107. The van der Waals surface area contributed by atoms with Crippen LogP contribution in [0, 0.1) is 0 Å². The lowest BCUT2D eigenvalue weighted by atomic mass is 10.0. The van der Waals surface area contributed by atoms with E-state index >= 15 is 0 Å². The molecule has 0 radical (unpaired) electrons. The van der Waals surface area contributed by atoms with Crippen LogP contribution >= 0.6 is 0 Å². The zero-order valence-corrected chi connectivity index (χ0v) is 14.5. The van der Waals surface area contributed by atoms with Gasteiger partial charge in [0.15, 0.2) is 0 Å². The summed E-state index contributed by atoms with van der Waals surface area (Å²) in [6.07, 6.45) is 3.38. The zero-order chi connectivity index (χ0) is 15.7. The molecular formula is C17H29NO2S. The van der Waals surface area contributed by atoms with Crippen LogP contribution < -0.4 is 10.1 Å². The molecule has 0 fully saturated rings. The van der Waals surface area contributed by atoms with Gasteiger partial charge in [0.1, 0.15) is 5.75 Å². The van der Waals surface area contributed by atoms with Crippen molar-refractivity contribution in [1.29, 1.82) is 0 Å². The lowest BCUT2D eigenvalue weighted by molar-refractivity contribution is 0.414. The molecule has 3 atom stereocenters. The summed E-state index contributed by atoms with van der Waals surface area (Å²) in [7, 11) is 0.870. The third-order valence-corrected chi connectivity index (χ3v) is 5.52. The Morgan fingerprint density at radius 2 is 1.86 bits per heavy atom. The quantitative estimate of drug-likeness (QED) is 0.670. The van der Waals surface area contributed by atoms with Gasteiger partial charge in [0, 0.05) is 22.6 Å². The van der Waals surface area contributed by atoms with Crippen LogP contribution in [0.5, 0.6) is 5.75 Å². The van der Waals surface area contributed by atoms with Crippen molar-refractivity contribution in [3.8, 4) is 5.75 Å². The van der Waals surface area contributed by atoms with Crippen LogP contribution in [0.25, 0.3) is 0 Å². The van der Waals surface area contributed by atoms with E-state index in [0.29, 0.717) is 0 Å². The van der Waals surface area contributed by atoms with Crippen molar-refractivity contribution in [2.45, 2.75) is 51.3 Å². The molecule has 3 nitrogen and oxygen atoms in total. The molecular weight excluding hydrogens is 282 g/mol. The zero-order valence-electron chi connectivity index (χ0n) is 13.7. The second-order valence-electron chi connectivity index (χ2n) is 5.31. The molecule has 3 unspecified atom stereocenters. The number of rotatable bonds is 10. The summed E-state index contributed by atoms with van der Waals surface area (Å²) in [6, 6.07) is 8.18. The molecule has 1 aromatic carbocycles. The molecule has 0 saturated carbocycles. The van der Waals surface area contributed by atoms with Gasteiger partial charge in [0.05, 0.1) is 12.4 Å². The van der Waals surface area contributed by atoms with Gasteiger partial charge in [-0.2, -0.15) is 0 Å². The van der Waals surface area contributed by atoms with Crippen molar-refractivity contribution < 1.29 is 8.95 Å². The summed E-state index contributed by atoms with van der Waals surface area (Å²) < 4.78 is 17.7. The fourth-order valence-corrected chi connectivity index (χ4v) is 3.84. The average Bonchev–Trinajstić information content (AvgIpc) is 2.52. The molecule has 0 saturated heterocycles. The van der Waals surface area contributed by atoms with Crippen molar-refractivity contribution in [2.75, 3.05) is 19.4 Å². The fourth-order valence-electron chi connectivity index (χ4n) is 2.42. The minimum Gasteiger partial charge on any atom is -0.497 e. The van der Waals surface area contributed by atoms with E-state index in [-0.39, 0.29) is 11.3 Å². The third-order valence-electron chi connectivity index (χ3n) is 3.73. The van der Waals surface area contributed by atoms with Crippen LogP contribution in [0.4, 0.5) is 0 Å². The maximum absolute atomic E-state index is 12.5. The first-order valence-corrected chi connectivity index (χ1v) is 9.26. The number of unbranched alkanes of at least 4 members (excludes halogenated alkanes) is 2. The maximum atomic E-state index is 12.5. The van der Waals surface area contributed by atoms with Crippen LogP contribution in [-0.4, -0.2) is 28.9 Å². The number of hydrogen-bond acceptors (Lipinski definition) is 3. The third kappa shape index (κ3) is 5.79. The SMILES string of the molecule is CCCCCS(=O)C(C)C(NCC)c1ccc(OC)cc1. The first-order valence-electron chi connectivity index (χ1n) is 7.88. The predicted molar refractivity (Wildman–Crippen MR) is 91.4 cm³/mol. The molecule has 120 valence electrons. The Morgan fingerprint density at radius 1 is 1.19 bits per heavy atom. The second kappa shape index (κ2) is 9.96. The normalized spacial score (nSPS) is 15.4. The Balaban J connectivity index is 2.76. The first-order chi connectivity index (χ1) is 10.1. The van der Waals surface area contributed by atoms with Crippen molar-refractivity contribution >= 4 is 10.8 Å². The number of nitrogens with one attached hydrogen (secondary N) is 1. The molecule has 0 heterocycles. The standard InChI is InChI=1S/C17H29NO2S/c1-5-7-8-13-21(19)14(3)17(18-6-2)15-9-11-16(20-4)12-10-15/h9-12,14,17-18H,5-8,13H2,1-4H3. The number of hydrogen-bond donors (Lipinski definition) is 1. The predicted octanol–water partition coefficient (Wildman–Crippen LogP) is 3.67. The van der Waals surface area contributed by atoms with Gasteiger partial charge in [0.25, 0.3) is 0 Å². The molecule has 0 bridgehead atoms. The molecule has 0 amide bonds. The van der Waals surface area contributed by atoms with Crippen LogP contribution in [0.3, 0.4) is 0 Å². The molecule has 4 heteroatoms. The monoisotopic (exact) mass is 311 g/mol. The molecule has 0 aliphatic rings. The van der Waals surface area contributed by atoms with E-state index in [9.17, 15) is 4.21 Å². The van der Waals surface area contributed by atoms with E-state index in [0.717, 1.165) is 30.9 Å². The lowest BCUT2D eigenvalue weighted by Gasteiger charge is -2.25. The molecule has 1 aromatic rings. The van der Waals surface area contributed by atoms with Gasteiger partial charge in [-0.25, -0.2) is 0 Å². The van der Waals surface area contributed by atoms with Gasteiger partial charge >= 0.3 is 0 Å². The smallest absolute Gasteiger partial charge is 0.118 e. The van der Waals surface area contributed by atoms with Gasteiger partial charge in [-0.15, -0.1) is 0 Å². The van der Waals surface area contributed by atoms with E-state index in [1.54, 1.807) is 7.11 Å². The van der Waals surface area contributed by atoms with Crippen molar-refractivity contribution in [1.82, 2.24) is 5.32 Å². The Labute approximate surface area is 131 Å². The van der Waals surface area contributed by atoms with Gasteiger partial charge in [-0.3, -0.25) is 4.21 Å². The largest absolute Gasteiger partial charge is 0.497 e. The Kier molecular flexibility index (Phi) is 8.62. The van der Waals surface area contributed by atoms with E-state index in [1.807, 2.05) is 12.1 Å². The van der Waals surface area contributed by atoms with Crippen LogP contribution in [0.15, 0.2) is 24.3 Å². The molecule has 21 heavy (non-hydrogen) atoms. The van der Waals surface area contributed by atoms with Crippen LogP contribution in [0.2, 0.25) is 0 Å². The van der Waals surface area contributed by atoms with Crippen molar-refractivity contribution in [2.24, 2.45) is 0 Å². The molecule has 0 aliphatic heterocycles. The van der Waals surface area contributed by atoms with Crippen molar-refractivity contribution in [3.05, 3.63) is 29.8 Å². The topological polar surface area (TPSA) is 38.3 Å². The fraction of sp³-hybridized carbons (Fsp3) is 0.647. The van der Waals surface area contributed by atoms with E-state index in [1.165, 1.54) is 12.0 Å². The molecule has 1 rings (SSSR count). The maximum Gasteiger partial charge on any atom is 0.118 e. The van der Waals surface area contributed by atoms with Crippen LogP contribution in [0.1, 0.15) is 51.6 Å². The van der Waals surface area contributed by atoms with Gasteiger partial charge < -0.3 is 10.1 Å². The minimum atomic E-state index is -0.799. The van der Waals surface area contributed by atoms with Crippen LogP contribution in [-0.2, 0) is 10.8 Å². The Morgan fingerprint density at radius 3 is 2.38 bits per heavy atom. The summed E-state index contributed by atoms with van der Waals surface area (Å²) in [5, 5.41) is 3.58. The Hall–Kier alpha value is -0.870. The molecule has 1 N–H and O–H groups in total. The highest BCUT2D eigenvalue weighted by molar-refractivity contribution is 7.85. The van der Waals surface area contributed by atoms with E-state index in [2.05, 4.69) is 38.2 Å². The van der Waals surface area contributed by atoms with E-state index in [4.69, 9.17) is 4.74 Å². The second-order valence-corrected chi connectivity index (χ2v) is 7.22. The Bertz CT molecular complexity index is 419. The number of benzene rings is 1. The van der Waals surface area contributed by atoms with Gasteiger partial charge in [-0.05, 0) is 37.6 Å². The van der Waals surface area contributed by atoms with Gasteiger partial charge in [-0.1, -0.05) is 38.8 Å². The number of ether oxygens (including phenoxy) is 1. The highest BCUT2D eigenvalue weighted by Crippen LogP contribution is 2.23. The molecule has 0 spiro atoms. The summed E-state index contributed by atoms with van der Waals surface area (Å²) in [4.78, 5) is 0. The number of methoxy groups -OCH3 is 1. The highest BCUT2D eigenvalue weighted by Gasteiger charge is 2.23. The summed E-state index contributed by atoms with van der Waals surface area (Å²) in [5.41, 5.74) is 1.17. The molecule has 0 aromatic heterocycles. The highest BCUT2D eigenvalue weighted by atomic mass is 32.2. The molecule has 0 aliphatic carbocycles. The van der Waals surface area contributed by atoms with Gasteiger partial charge in [0.2, 0.25) is 0 Å². The average molecular weight is 311 g/mol. The van der Waals surface area contributed by atoms with E-state index < -0.39 is 10.8 Å². The van der Waals surface area contributed by atoms with Crippen molar-refractivity contribution in [3.63, 3.8) is 0 Å².